The summed E-state index contributed by atoms with van der Waals surface area (Å²) in [6, 6.07) is 11.5. The van der Waals surface area contributed by atoms with E-state index in [4.69, 9.17) is 28.5 Å². The number of halogens is 3. The Morgan fingerprint density at radius 3 is 2.60 bits per heavy atom. The van der Waals surface area contributed by atoms with Crippen LogP contribution in [-0.2, 0) is 0 Å². The van der Waals surface area contributed by atoms with Crippen molar-refractivity contribution in [3.63, 3.8) is 0 Å². The summed E-state index contributed by atoms with van der Waals surface area (Å²) in [5.74, 6) is -0.342. The van der Waals surface area contributed by atoms with Gasteiger partial charge in [0.1, 0.15) is 0 Å². The molecular weight excluding hydrogens is 363 g/mol. The van der Waals surface area contributed by atoms with Crippen LogP contribution in [0.25, 0.3) is 0 Å². The van der Waals surface area contributed by atoms with Gasteiger partial charge >= 0.3 is 0 Å². The van der Waals surface area contributed by atoms with Crippen molar-refractivity contribution in [2.45, 2.75) is 0 Å². The third-order valence-electron chi connectivity index (χ3n) is 2.52. The van der Waals surface area contributed by atoms with Gasteiger partial charge in [0.25, 0.3) is 5.91 Å². The Labute approximate surface area is 134 Å². The van der Waals surface area contributed by atoms with Crippen LogP contribution in [0.1, 0.15) is 15.9 Å². The highest BCUT2D eigenvalue weighted by Crippen LogP contribution is 2.26. The van der Waals surface area contributed by atoms with E-state index in [9.17, 15) is 4.79 Å². The number of carbonyl (C=O) groups excluding carboxylic acids is 1. The van der Waals surface area contributed by atoms with Crippen LogP contribution in [0.5, 0.6) is 0 Å². The van der Waals surface area contributed by atoms with Gasteiger partial charge in [0.2, 0.25) is 0 Å². The smallest absolute Gasteiger partial charge is 0.256 e. The Hall–Kier alpha value is -1.54. The molecule has 1 N–H and O–H groups in total. The van der Waals surface area contributed by atoms with E-state index in [-0.39, 0.29) is 5.91 Å². The number of rotatable bonds is 2. The number of benzene rings is 2. The quantitative estimate of drug-likeness (QED) is 0.820. The molecule has 0 radical (unpaired) electrons. The van der Waals surface area contributed by atoms with Crippen LogP contribution >= 0.6 is 39.1 Å². The van der Waals surface area contributed by atoms with Crippen molar-refractivity contribution >= 4 is 50.7 Å². The van der Waals surface area contributed by atoms with Gasteiger partial charge in [-0.15, -0.1) is 0 Å². The van der Waals surface area contributed by atoms with Gasteiger partial charge in [-0.1, -0.05) is 23.2 Å². The maximum absolute atomic E-state index is 12.2. The largest absolute Gasteiger partial charge is 0.321 e. The molecule has 2 aromatic carbocycles. The summed E-state index contributed by atoms with van der Waals surface area (Å²) in [5, 5.41) is 12.2. The molecule has 0 fully saturated rings. The number of hydrogen-bond acceptors (Lipinski definition) is 2. The molecule has 0 unspecified atom stereocenters. The van der Waals surface area contributed by atoms with E-state index in [0.29, 0.717) is 31.3 Å². The first kappa shape index (κ1) is 14.9. The molecule has 0 saturated heterocycles. The van der Waals surface area contributed by atoms with Crippen molar-refractivity contribution in [3.05, 3.63) is 62.0 Å². The van der Waals surface area contributed by atoms with Gasteiger partial charge in [-0.25, -0.2) is 0 Å². The average molecular weight is 370 g/mol. The molecule has 0 saturated carbocycles. The summed E-state index contributed by atoms with van der Waals surface area (Å²) in [6.45, 7) is 0. The van der Waals surface area contributed by atoms with Crippen molar-refractivity contribution < 1.29 is 4.79 Å². The molecule has 6 heteroatoms. The molecule has 3 nitrogen and oxygen atoms in total. The number of nitrogens with zero attached hydrogens (tertiary/aromatic N) is 1. The van der Waals surface area contributed by atoms with Crippen LogP contribution in [0.3, 0.4) is 0 Å². The zero-order valence-electron chi connectivity index (χ0n) is 9.95. The van der Waals surface area contributed by atoms with Crippen molar-refractivity contribution in [1.82, 2.24) is 0 Å². The molecule has 0 aliphatic rings. The first-order valence-electron chi connectivity index (χ1n) is 5.47. The fourth-order valence-corrected chi connectivity index (χ4v) is 2.37. The highest BCUT2D eigenvalue weighted by molar-refractivity contribution is 9.10. The first-order valence-corrected chi connectivity index (χ1v) is 7.02. The summed E-state index contributed by atoms with van der Waals surface area (Å²) in [4.78, 5) is 12.2. The number of hydrogen-bond donors (Lipinski definition) is 1. The maximum atomic E-state index is 12.2. The third-order valence-corrected chi connectivity index (χ3v) is 3.76. The predicted octanol–water partition coefficient (Wildman–Crippen LogP) is 4.88. The van der Waals surface area contributed by atoms with Gasteiger partial charge in [0.05, 0.1) is 27.9 Å². The maximum Gasteiger partial charge on any atom is 0.256 e. The zero-order valence-corrected chi connectivity index (χ0v) is 13.1. The Kier molecular flexibility index (Phi) is 4.66. The molecule has 0 aliphatic heterocycles. The fourth-order valence-electron chi connectivity index (χ4n) is 1.55. The average Bonchev–Trinajstić information content (AvgIpc) is 2.43. The lowest BCUT2D eigenvalue weighted by molar-refractivity contribution is 0.102. The Bertz CT molecular complexity index is 726. The second-order valence-corrected chi connectivity index (χ2v) is 5.58. The lowest BCUT2D eigenvalue weighted by Gasteiger charge is -2.09. The molecular formula is C14H7BrCl2N2O. The van der Waals surface area contributed by atoms with Gasteiger partial charge in [-0.2, -0.15) is 5.26 Å². The fraction of sp³-hybridized carbons (Fsp3) is 0. The molecule has 0 heterocycles. The molecule has 0 atom stereocenters. The van der Waals surface area contributed by atoms with Crippen LogP contribution in [0.2, 0.25) is 10.0 Å². The lowest BCUT2D eigenvalue weighted by atomic mass is 10.2. The van der Waals surface area contributed by atoms with Crippen LogP contribution in [-0.4, -0.2) is 5.91 Å². The first-order chi connectivity index (χ1) is 9.51. The van der Waals surface area contributed by atoms with E-state index in [2.05, 4.69) is 21.2 Å². The van der Waals surface area contributed by atoms with Gasteiger partial charge < -0.3 is 5.32 Å². The van der Waals surface area contributed by atoms with Crippen molar-refractivity contribution in [1.29, 1.82) is 5.26 Å². The van der Waals surface area contributed by atoms with Crippen molar-refractivity contribution in [3.8, 4) is 6.07 Å². The second-order valence-electron chi connectivity index (χ2n) is 3.88. The topological polar surface area (TPSA) is 52.9 Å². The molecule has 100 valence electrons. The number of carbonyl (C=O) groups is 1. The van der Waals surface area contributed by atoms with E-state index in [1.165, 1.54) is 6.07 Å². The Morgan fingerprint density at radius 2 is 1.95 bits per heavy atom. The normalized spacial score (nSPS) is 9.90. The van der Waals surface area contributed by atoms with E-state index in [1.54, 1.807) is 30.3 Å². The molecule has 20 heavy (non-hydrogen) atoms. The highest BCUT2D eigenvalue weighted by Gasteiger charge is 2.12. The van der Waals surface area contributed by atoms with Gasteiger partial charge in [-0.3, -0.25) is 4.79 Å². The molecule has 0 aliphatic carbocycles. The van der Waals surface area contributed by atoms with Crippen molar-refractivity contribution in [2.24, 2.45) is 0 Å². The van der Waals surface area contributed by atoms with Crippen LogP contribution in [0.15, 0.2) is 40.9 Å². The second kappa shape index (κ2) is 6.27. The minimum atomic E-state index is -0.342. The molecule has 2 rings (SSSR count). The van der Waals surface area contributed by atoms with E-state index in [0.717, 1.165) is 0 Å². The number of nitriles is 1. The van der Waals surface area contributed by atoms with Crippen molar-refractivity contribution in [2.75, 3.05) is 5.32 Å². The van der Waals surface area contributed by atoms with Gasteiger partial charge in [0, 0.05) is 9.50 Å². The number of nitrogens with one attached hydrogen (secondary N) is 1. The molecule has 0 spiro atoms. The summed E-state index contributed by atoms with van der Waals surface area (Å²) < 4.78 is 0.629. The number of amides is 1. The van der Waals surface area contributed by atoms with Crippen LogP contribution in [0.4, 0.5) is 5.69 Å². The van der Waals surface area contributed by atoms with Crippen LogP contribution in [0, 0.1) is 11.3 Å². The minimum Gasteiger partial charge on any atom is -0.321 e. The third kappa shape index (κ3) is 3.31. The monoisotopic (exact) mass is 368 g/mol. The molecule has 0 bridgehead atoms. The summed E-state index contributed by atoms with van der Waals surface area (Å²) >= 11 is 15.2. The number of anilines is 1. The van der Waals surface area contributed by atoms with E-state index in [1.807, 2.05) is 6.07 Å². The molecule has 0 aromatic heterocycles. The van der Waals surface area contributed by atoms with Gasteiger partial charge in [0.15, 0.2) is 0 Å². The van der Waals surface area contributed by atoms with E-state index >= 15 is 0 Å². The van der Waals surface area contributed by atoms with E-state index < -0.39 is 0 Å². The summed E-state index contributed by atoms with van der Waals surface area (Å²) in [6.07, 6.45) is 0. The zero-order chi connectivity index (χ0) is 14.7. The predicted molar refractivity (Wildman–Crippen MR) is 83.3 cm³/mol. The summed E-state index contributed by atoms with van der Waals surface area (Å²) in [5.41, 5.74) is 1.26. The SMILES string of the molecule is N#Cc1ccc(NC(=O)c2cc(Cl)ccc2Br)c(Cl)c1. The standard InChI is InChI=1S/C14H7BrCl2N2O/c15-11-3-2-9(16)6-10(11)14(20)19-13-4-1-8(7-18)5-12(13)17/h1-6H,(H,19,20). The Morgan fingerprint density at radius 1 is 1.20 bits per heavy atom. The molecule has 2 aromatic rings. The van der Waals surface area contributed by atoms with Crippen LogP contribution < -0.4 is 5.32 Å². The Balaban J connectivity index is 2.28. The minimum absolute atomic E-state index is 0.301. The summed E-state index contributed by atoms with van der Waals surface area (Å²) in [7, 11) is 0. The lowest BCUT2D eigenvalue weighted by Crippen LogP contribution is -2.13. The highest BCUT2D eigenvalue weighted by atomic mass is 79.9. The van der Waals surface area contributed by atoms with Gasteiger partial charge in [-0.05, 0) is 52.3 Å². The molecule has 1 amide bonds.